The van der Waals surface area contributed by atoms with E-state index in [1.807, 2.05) is 18.2 Å². The van der Waals surface area contributed by atoms with E-state index in [0.29, 0.717) is 31.0 Å². The summed E-state index contributed by atoms with van der Waals surface area (Å²) in [6.07, 6.45) is 4.92. The third-order valence-corrected chi connectivity index (χ3v) is 8.95. The van der Waals surface area contributed by atoms with Gasteiger partial charge in [0.2, 0.25) is 17.6 Å². The Kier molecular flexibility index (Phi) is 6.97. The molecular weight excluding hydrogens is 514 g/mol. The number of likely N-dealkylation sites (tertiary alicyclic amines) is 1. The third kappa shape index (κ3) is 4.93. The van der Waals surface area contributed by atoms with Crippen LogP contribution in [0.4, 0.5) is 0 Å². The molecule has 40 heavy (non-hydrogen) atoms. The fourth-order valence-electron chi connectivity index (χ4n) is 6.71. The molecule has 11 heteroatoms. The van der Waals surface area contributed by atoms with Crippen molar-refractivity contribution in [1.29, 1.82) is 0 Å². The number of hydrogen-bond donors (Lipinski definition) is 4. The van der Waals surface area contributed by atoms with Gasteiger partial charge in [-0.05, 0) is 68.6 Å². The Morgan fingerprint density at radius 3 is 2.67 bits per heavy atom. The zero-order valence-electron chi connectivity index (χ0n) is 22.5. The van der Waals surface area contributed by atoms with Crippen LogP contribution in [0.15, 0.2) is 24.3 Å². The van der Waals surface area contributed by atoms with Gasteiger partial charge in [-0.2, -0.15) is 0 Å². The number of benzene rings is 1. The van der Waals surface area contributed by atoms with Crippen LogP contribution in [-0.2, 0) is 19.2 Å². The Bertz CT molecular complexity index is 1370. The van der Waals surface area contributed by atoms with E-state index in [0.717, 1.165) is 43.0 Å². The first-order valence-electron chi connectivity index (χ1n) is 14.2. The fraction of sp³-hybridized carbons (Fsp3) is 0.552. The lowest BCUT2D eigenvalue weighted by atomic mass is 9.91. The third-order valence-electron chi connectivity index (χ3n) is 8.95. The second-order valence-electron chi connectivity index (χ2n) is 11.5. The lowest BCUT2D eigenvalue weighted by molar-refractivity contribution is -0.141. The number of aromatic amines is 1. The number of hydrogen-bond acceptors (Lipinski definition) is 6. The first-order chi connectivity index (χ1) is 19.3. The Hall–Kier alpha value is -3.89. The minimum absolute atomic E-state index is 0.0142. The van der Waals surface area contributed by atoms with Crippen LogP contribution in [0.2, 0.25) is 0 Å². The van der Waals surface area contributed by atoms with E-state index in [1.165, 1.54) is 0 Å². The van der Waals surface area contributed by atoms with Crippen molar-refractivity contribution in [3.63, 3.8) is 0 Å². The summed E-state index contributed by atoms with van der Waals surface area (Å²) >= 11 is 0. The number of carbonyl (C=O) groups is 5. The van der Waals surface area contributed by atoms with E-state index in [4.69, 9.17) is 4.74 Å². The van der Waals surface area contributed by atoms with Crippen molar-refractivity contribution in [2.24, 2.45) is 17.8 Å². The molecule has 0 radical (unpaired) electrons. The van der Waals surface area contributed by atoms with Crippen LogP contribution < -0.4 is 20.7 Å². The van der Waals surface area contributed by atoms with E-state index in [2.05, 4.69) is 20.9 Å². The summed E-state index contributed by atoms with van der Waals surface area (Å²) < 4.78 is 5.44. The van der Waals surface area contributed by atoms with E-state index in [1.54, 1.807) is 18.1 Å². The van der Waals surface area contributed by atoms with Crippen LogP contribution >= 0.6 is 0 Å². The number of nitrogens with one attached hydrogen (secondary N) is 4. The first kappa shape index (κ1) is 26.3. The highest BCUT2D eigenvalue weighted by molar-refractivity contribution is 6.38. The number of fused-ring (bicyclic) bond motifs is 2. The molecule has 1 aromatic heterocycles. The van der Waals surface area contributed by atoms with Gasteiger partial charge < -0.3 is 30.6 Å². The predicted octanol–water partition coefficient (Wildman–Crippen LogP) is 1.28. The number of rotatable bonds is 9. The lowest BCUT2D eigenvalue weighted by Crippen LogP contribution is -2.55. The second-order valence-corrected chi connectivity index (χ2v) is 11.5. The molecule has 5 atom stereocenters. The number of ketones is 1. The summed E-state index contributed by atoms with van der Waals surface area (Å²) in [6, 6.07) is 5.33. The van der Waals surface area contributed by atoms with Gasteiger partial charge in [0.1, 0.15) is 17.5 Å². The zero-order valence-corrected chi connectivity index (χ0v) is 22.5. The first-order valence-corrected chi connectivity index (χ1v) is 14.2. The number of aromatic nitrogens is 1. The van der Waals surface area contributed by atoms with Crippen molar-refractivity contribution in [3.8, 4) is 5.75 Å². The molecule has 2 saturated carbocycles. The van der Waals surface area contributed by atoms with Gasteiger partial charge in [-0.25, -0.2) is 0 Å². The molecule has 2 aliphatic heterocycles. The second kappa shape index (κ2) is 10.6. The molecule has 3 heterocycles. The highest BCUT2D eigenvalue weighted by Crippen LogP contribution is 2.43. The van der Waals surface area contributed by atoms with Crippen LogP contribution in [-0.4, -0.2) is 77.6 Å². The number of Topliss-reactive ketones (excluding diaryl/α,β-unsaturated/α-hetero) is 1. The monoisotopic (exact) mass is 549 g/mol. The Balaban J connectivity index is 1.25. The van der Waals surface area contributed by atoms with Crippen molar-refractivity contribution in [2.45, 2.75) is 63.1 Å². The summed E-state index contributed by atoms with van der Waals surface area (Å²) in [6.45, 7) is 0.941. The Morgan fingerprint density at radius 2 is 1.95 bits per heavy atom. The molecule has 1 aromatic carbocycles. The van der Waals surface area contributed by atoms with Crippen molar-refractivity contribution in [2.75, 3.05) is 20.2 Å². The molecule has 4 amide bonds. The van der Waals surface area contributed by atoms with Gasteiger partial charge in [0.05, 0.1) is 13.2 Å². The fourth-order valence-corrected chi connectivity index (χ4v) is 6.71. The minimum atomic E-state index is -1.14. The molecule has 0 unspecified atom stereocenters. The molecule has 2 saturated heterocycles. The molecule has 4 aliphatic rings. The zero-order chi connectivity index (χ0) is 28.0. The highest BCUT2D eigenvalue weighted by atomic mass is 16.5. The summed E-state index contributed by atoms with van der Waals surface area (Å²) in [5.41, 5.74) is 1.11. The van der Waals surface area contributed by atoms with Gasteiger partial charge in [0.25, 0.3) is 11.8 Å². The summed E-state index contributed by atoms with van der Waals surface area (Å²) in [5, 5.41) is 9.05. The average Bonchev–Trinajstić information content (AvgIpc) is 3.30. The summed E-state index contributed by atoms with van der Waals surface area (Å²) in [5.74, 6) is -2.09. The summed E-state index contributed by atoms with van der Waals surface area (Å²) in [7, 11) is 1.57. The Morgan fingerprint density at radius 1 is 1.12 bits per heavy atom. The van der Waals surface area contributed by atoms with Crippen LogP contribution in [0.3, 0.4) is 0 Å². The van der Waals surface area contributed by atoms with Crippen molar-refractivity contribution < 1.29 is 28.7 Å². The molecule has 4 fully saturated rings. The maximum Gasteiger partial charge on any atom is 0.289 e. The maximum absolute atomic E-state index is 13.9. The maximum atomic E-state index is 13.9. The van der Waals surface area contributed by atoms with Crippen LogP contribution in [0, 0.1) is 17.8 Å². The SMILES string of the molecule is COc1cccc2[nH]c(C(=O)N3C[C@@H]4CCC[C@@H]4[C@H]3C(=O)N[C@@H](C[C@@H]3CCNC3=O)C(=O)C(=O)NC3CC3)cc12. The van der Waals surface area contributed by atoms with E-state index in [-0.39, 0.29) is 36.1 Å². The minimum Gasteiger partial charge on any atom is -0.496 e. The van der Waals surface area contributed by atoms with Crippen LogP contribution in [0.1, 0.15) is 55.4 Å². The molecule has 0 bridgehead atoms. The molecule has 2 aliphatic carbocycles. The average molecular weight is 550 g/mol. The quantitative estimate of drug-likeness (QED) is 0.346. The standard InChI is InChI=1S/C29H35N5O6/c1-40-23-7-3-6-20-19(23)13-22(32-20)29(39)34-14-16-4-2-5-18(16)24(34)27(37)33-21(12-15-10-11-30-26(15)36)25(35)28(38)31-17-8-9-17/h3,6-7,13,15-18,21,24,32H,2,4-5,8-12,14H2,1H3,(H,30,36)(H,31,38)(H,33,37)/t15-,16-,18-,21-,24-/m0/s1. The predicted molar refractivity (Wildman–Crippen MR) is 144 cm³/mol. The molecular formula is C29H35N5O6. The normalized spacial score (nSPS) is 26.3. The topological polar surface area (TPSA) is 150 Å². The van der Waals surface area contributed by atoms with Gasteiger partial charge in [-0.3, -0.25) is 24.0 Å². The van der Waals surface area contributed by atoms with Crippen LogP contribution in [0.5, 0.6) is 5.75 Å². The van der Waals surface area contributed by atoms with E-state index in [9.17, 15) is 24.0 Å². The number of nitrogens with zero attached hydrogens (tertiary/aromatic N) is 1. The number of amides is 4. The van der Waals surface area contributed by atoms with Gasteiger partial charge in [0, 0.05) is 36.0 Å². The largest absolute Gasteiger partial charge is 0.496 e. The van der Waals surface area contributed by atoms with Crippen LogP contribution in [0.25, 0.3) is 10.9 Å². The molecule has 6 rings (SSSR count). The number of H-pyrrole nitrogens is 1. The Labute approximate surface area is 231 Å². The van der Waals surface area contributed by atoms with Gasteiger partial charge in [0.15, 0.2) is 0 Å². The molecule has 2 aromatic rings. The molecule has 4 N–H and O–H groups in total. The number of methoxy groups -OCH3 is 1. The van der Waals surface area contributed by atoms with E-state index >= 15 is 0 Å². The van der Waals surface area contributed by atoms with Crippen molar-refractivity contribution in [1.82, 2.24) is 25.8 Å². The molecule has 11 nitrogen and oxygen atoms in total. The van der Waals surface area contributed by atoms with Crippen molar-refractivity contribution in [3.05, 3.63) is 30.0 Å². The number of carbonyl (C=O) groups excluding carboxylic acids is 5. The lowest BCUT2D eigenvalue weighted by Gasteiger charge is -2.29. The molecule has 212 valence electrons. The summed E-state index contributed by atoms with van der Waals surface area (Å²) in [4.78, 5) is 70.7. The smallest absolute Gasteiger partial charge is 0.289 e. The van der Waals surface area contributed by atoms with Gasteiger partial charge >= 0.3 is 0 Å². The number of ether oxygens (including phenoxy) is 1. The molecule has 0 spiro atoms. The van der Waals surface area contributed by atoms with Gasteiger partial charge in [-0.15, -0.1) is 0 Å². The van der Waals surface area contributed by atoms with E-state index < -0.39 is 35.6 Å². The van der Waals surface area contributed by atoms with Gasteiger partial charge in [-0.1, -0.05) is 12.5 Å². The highest BCUT2D eigenvalue weighted by Gasteiger charge is 2.50. The van der Waals surface area contributed by atoms with Crippen molar-refractivity contribution >= 4 is 40.3 Å².